The van der Waals surface area contributed by atoms with Crippen LogP contribution in [0.4, 0.5) is 18.9 Å². The van der Waals surface area contributed by atoms with E-state index in [0.717, 1.165) is 6.07 Å². The molecular formula is C11H10F3N3O2. The van der Waals surface area contributed by atoms with Crippen LogP contribution in [0.2, 0.25) is 0 Å². The normalized spacial score (nSPS) is 15.4. The first-order chi connectivity index (χ1) is 8.91. The monoisotopic (exact) mass is 273 g/mol. The zero-order valence-electron chi connectivity index (χ0n) is 9.86. The topological polar surface area (TPSA) is 54.5 Å². The summed E-state index contributed by atoms with van der Waals surface area (Å²) in [7, 11) is 1.22. The van der Waals surface area contributed by atoms with Crippen LogP contribution in [0, 0.1) is 0 Å². The highest BCUT2D eigenvalue weighted by Crippen LogP contribution is 2.33. The predicted octanol–water partition coefficient (Wildman–Crippen LogP) is 1.52. The van der Waals surface area contributed by atoms with Crippen molar-refractivity contribution in [3.8, 4) is 5.88 Å². The first-order valence-corrected chi connectivity index (χ1v) is 5.26. The summed E-state index contributed by atoms with van der Waals surface area (Å²) in [5, 5.41) is 2.45. The Morgan fingerprint density at radius 1 is 1.42 bits per heavy atom. The van der Waals surface area contributed by atoms with Crippen molar-refractivity contribution in [2.75, 3.05) is 18.6 Å². The van der Waals surface area contributed by atoms with Crippen LogP contribution in [-0.4, -0.2) is 24.5 Å². The highest BCUT2D eigenvalue weighted by atomic mass is 19.4. The molecule has 8 heteroatoms. The molecule has 0 atom stereocenters. The molecule has 0 radical (unpaired) electrons. The van der Waals surface area contributed by atoms with Crippen LogP contribution in [0.1, 0.15) is 5.69 Å². The predicted molar refractivity (Wildman–Crippen MR) is 60.4 cm³/mol. The highest BCUT2D eigenvalue weighted by Gasteiger charge is 2.33. The molecule has 2 rings (SSSR count). The van der Waals surface area contributed by atoms with Crippen LogP contribution >= 0.6 is 0 Å². The number of hydrogen-bond acceptors (Lipinski definition) is 4. The number of aromatic nitrogens is 1. The molecule has 5 nitrogen and oxygen atoms in total. The van der Waals surface area contributed by atoms with Crippen LogP contribution < -0.4 is 15.0 Å². The van der Waals surface area contributed by atoms with Gasteiger partial charge in [-0.15, -0.1) is 0 Å². The summed E-state index contributed by atoms with van der Waals surface area (Å²) in [4.78, 5) is 16.1. The van der Waals surface area contributed by atoms with E-state index in [1.54, 1.807) is 0 Å². The summed E-state index contributed by atoms with van der Waals surface area (Å²) >= 11 is 0. The summed E-state index contributed by atoms with van der Waals surface area (Å²) in [6, 6.07) is 2.07. The van der Waals surface area contributed by atoms with Gasteiger partial charge in [-0.05, 0) is 12.1 Å². The summed E-state index contributed by atoms with van der Waals surface area (Å²) < 4.78 is 42.4. The number of carbonyl (C=O) groups excluding carboxylic acids is 1. The van der Waals surface area contributed by atoms with Gasteiger partial charge in [0.25, 0.3) is 0 Å². The van der Waals surface area contributed by atoms with Crippen LogP contribution in [-0.2, 0) is 11.0 Å². The number of carbonyl (C=O) groups is 1. The lowest BCUT2D eigenvalue weighted by molar-refractivity contribution is -0.141. The van der Waals surface area contributed by atoms with Crippen LogP contribution in [0.3, 0.4) is 0 Å². The van der Waals surface area contributed by atoms with Crippen LogP contribution in [0.25, 0.3) is 0 Å². The third-order valence-corrected chi connectivity index (χ3v) is 2.45. The van der Waals surface area contributed by atoms with Crippen LogP contribution in [0.15, 0.2) is 24.5 Å². The lowest BCUT2D eigenvalue weighted by Gasteiger charge is -2.24. The summed E-state index contributed by atoms with van der Waals surface area (Å²) in [5.41, 5.74) is -0.750. The van der Waals surface area contributed by atoms with Gasteiger partial charge in [0.15, 0.2) is 0 Å². The summed E-state index contributed by atoms with van der Waals surface area (Å²) in [6.45, 7) is -0.0140. The third-order valence-electron chi connectivity index (χ3n) is 2.45. The van der Waals surface area contributed by atoms with Crippen molar-refractivity contribution < 1.29 is 22.7 Å². The molecule has 19 heavy (non-hydrogen) atoms. The molecule has 0 aromatic carbocycles. The summed E-state index contributed by atoms with van der Waals surface area (Å²) in [5.74, 6) is -0.460. The fraction of sp³-hybridized carbons (Fsp3) is 0.273. The zero-order chi connectivity index (χ0) is 14.0. The number of ether oxygens (including phenoxy) is 1. The Balaban J connectivity index is 2.39. The fourth-order valence-corrected chi connectivity index (χ4v) is 1.60. The van der Waals surface area contributed by atoms with E-state index in [0.29, 0.717) is 5.69 Å². The maximum Gasteiger partial charge on any atom is 0.433 e. The summed E-state index contributed by atoms with van der Waals surface area (Å²) in [6.07, 6.45) is -1.63. The Labute approximate surface area is 106 Å². The first kappa shape index (κ1) is 13.2. The van der Waals surface area contributed by atoms with Gasteiger partial charge in [0.05, 0.1) is 7.11 Å². The minimum absolute atomic E-state index is 0.0140. The van der Waals surface area contributed by atoms with Crippen molar-refractivity contribution >= 4 is 11.6 Å². The number of nitrogens with zero attached hydrogens (tertiary/aromatic N) is 2. The van der Waals surface area contributed by atoms with Gasteiger partial charge >= 0.3 is 6.18 Å². The van der Waals surface area contributed by atoms with E-state index >= 15 is 0 Å². The minimum atomic E-state index is -4.54. The van der Waals surface area contributed by atoms with E-state index in [4.69, 9.17) is 4.74 Å². The molecule has 1 aromatic heterocycles. The Morgan fingerprint density at radius 3 is 2.74 bits per heavy atom. The van der Waals surface area contributed by atoms with E-state index in [1.165, 1.54) is 30.5 Å². The van der Waals surface area contributed by atoms with Gasteiger partial charge < -0.3 is 15.0 Å². The molecule has 0 unspecified atom stereocenters. The molecule has 1 N–H and O–H groups in total. The molecule has 1 aromatic rings. The molecule has 0 saturated heterocycles. The lowest BCUT2D eigenvalue weighted by atomic mass is 10.3. The second-order valence-electron chi connectivity index (χ2n) is 3.73. The molecule has 1 aliphatic rings. The lowest BCUT2D eigenvalue weighted by Crippen LogP contribution is -2.36. The number of anilines is 1. The number of hydrogen-bond donors (Lipinski definition) is 1. The van der Waals surface area contributed by atoms with Gasteiger partial charge in [-0.1, -0.05) is 0 Å². The molecule has 0 bridgehead atoms. The van der Waals surface area contributed by atoms with Crippen molar-refractivity contribution in [3.63, 3.8) is 0 Å². The maximum absolute atomic E-state index is 12.5. The smallest absolute Gasteiger partial charge is 0.433 e. The molecule has 0 spiro atoms. The Bertz CT molecular complexity index is 528. The number of nitrogens with one attached hydrogen (secondary N) is 1. The van der Waals surface area contributed by atoms with Gasteiger partial charge in [-0.3, -0.25) is 4.79 Å². The van der Waals surface area contributed by atoms with E-state index in [2.05, 4.69) is 10.3 Å². The van der Waals surface area contributed by atoms with Crippen molar-refractivity contribution in [1.29, 1.82) is 0 Å². The Hall–Kier alpha value is -2.25. The third kappa shape index (κ3) is 2.78. The number of pyridine rings is 1. The van der Waals surface area contributed by atoms with E-state index in [1.807, 2.05) is 0 Å². The van der Waals surface area contributed by atoms with Gasteiger partial charge in [0.1, 0.15) is 17.9 Å². The van der Waals surface area contributed by atoms with Crippen molar-refractivity contribution in [2.24, 2.45) is 0 Å². The minimum Gasteiger partial charge on any atom is -0.479 e. The average molecular weight is 273 g/mol. The zero-order valence-corrected chi connectivity index (χ0v) is 9.86. The second-order valence-corrected chi connectivity index (χ2v) is 3.73. The van der Waals surface area contributed by atoms with E-state index in [-0.39, 0.29) is 18.3 Å². The number of methoxy groups -OCH3 is 1. The molecule has 2 heterocycles. The molecule has 0 aliphatic carbocycles. The SMILES string of the molecule is COc1nc(C(F)(F)F)ccc1N1C=CNC(=O)C1. The molecule has 0 fully saturated rings. The second kappa shape index (κ2) is 4.79. The first-order valence-electron chi connectivity index (χ1n) is 5.26. The quantitative estimate of drug-likeness (QED) is 0.887. The van der Waals surface area contributed by atoms with Gasteiger partial charge in [-0.25, -0.2) is 4.98 Å². The van der Waals surface area contributed by atoms with Gasteiger partial charge in [0.2, 0.25) is 11.8 Å². The Morgan fingerprint density at radius 2 is 2.16 bits per heavy atom. The van der Waals surface area contributed by atoms with Crippen molar-refractivity contribution in [1.82, 2.24) is 10.3 Å². The van der Waals surface area contributed by atoms with Crippen molar-refractivity contribution in [3.05, 3.63) is 30.2 Å². The number of amides is 1. The van der Waals surface area contributed by atoms with E-state index < -0.39 is 11.9 Å². The number of alkyl halides is 3. The Kier molecular flexibility index (Phi) is 3.32. The molecule has 102 valence electrons. The van der Waals surface area contributed by atoms with Gasteiger partial charge in [-0.2, -0.15) is 13.2 Å². The van der Waals surface area contributed by atoms with Gasteiger partial charge in [0, 0.05) is 12.4 Å². The molecule has 1 aliphatic heterocycles. The highest BCUT2D eigenvalue weighted by molar-refractivity contribution is 5.84. The number of halogens is 3. The van der Waals surface area contributed by atoms with Crippen LogP contribution in [0.5, 0.6) is 5.88 Å². The fourth-order valence-electron chi connectivity index (χ4n) is 1.60. The molecular weight excluding hydrogens is 263 g/mol. The molecule has 1 amide bonds. The standard InChI is InChI=1S/C11H10F3N3O2/c1-19-10-7(17-5-4-15-9(18)6-17)2-3-8(16-10)11(12,13)14/h2-5H,6H2,1H3,(H,15,18). The van der Waals surface area contributed by atoms with E-state index in [9.17, 15) is 18.0 Å². The van der Waals surface area contributed by atoms with Crippen molar-refractivity contribution in [2.45, 2.75) is 6.18 Å². The number of rotatable bonds is 2. The average Bonchev–Trinajstić information content (AvgIpc) is 2.37. The molecule has 0 saturated carbocycles. The largest absolute Gasteiger partial charge is 0.479 e. The maximum atomic E-state index is 12.5.